The predicted octanol–water partition coefficient (Wildman–Crippen LogP) is 2.90. The molecule has 0 spiro atoms. The molecule has 1 amide bonds. The Morgan fingerprint density at radius 3 is 2.37 bits per heavy atom. The van der Waals surface area contributed by atoms with Crippen LogP contribution in [-0.4, -0.2) is 48.4 Å². The Bertz CT molecular complexity index is 266. The molecule has 1 saturated carbocycles. The zero-order valence-electron chi connectivity index (χ0n) is 12.6. The molecule has 0 aromatic carbocycles. The Morgan fingerprint density at radius 2 is 1.74 bits per heavy atom. The number of amides is 1. The van der Waals surface area contributed by atoms with Crippen molar-refractivity contribution in [2.75, 3.05) is 32.7 Å². The molecule has 2 aliphatic rings. The van der Waals surface area contributed by atoms with Crippen molar-refractivity contribution in [3.63, 3.8) is 0 Å². The average molecular weight is 266 g/mol. The Kier molecular flexibility index (Phi) is 6.15. The minimum atomic E-state index is 0.404. The fourth-order valence-electron chi connectivity index (χ4n) is 3.50. The normalized spacial score (nSPS) is 22.7. The van der Waals surface area contributed by atoms with E-state index in [1.807, 2.05) is 0 Å². The van der Waals surface area contributed by atoms with Crippen LogP contribution in [-0.2, 0) is 4.79 Å². The van der Waals surface area contributed by atoms with Crippen molar-refractivity contribution in [3.05, 3.63) is 0 Å². The minimum absolute atomic E-state index is 0.404. The molecule has 0 unspecified atom stereocenters. The third-order valence-corrected chi connectivity index (χ3v) is 4.76. The zero-order valence-corrected chi connectivity index (χ0v) is 12.6. The van der Waals surface area contributed by atoms with E-state index in [0.717, 1.165) is 44.9 Å². The lowest BCUT2D eigenvalue weighted by molar-refractivity contribution is -0.133. The topological polar surface area (TPSA) is 23.6 Å². The van der Waals surface area contributed by atoms with Crippen LogP contribution >= 0.6 is 0 Å². The van der Waals surface area contributed by atoms with Crippen molar-refractivity contribution in [2.24, 2.45) is 5.92 Å². The maximum Gasteiger partial charge on any atom is 0.222 e. The molecule has 1 heterocycles. The van der Waals surface area contributed by atoms with Gasteiger partial charge in [-0.05, 0) is 25.3 Å². The first-order valence-corrected chi connectivity index (χ1v) is 8.29. The van der Waals surface area contributed by atoms with Crippen molar-refractivity contribution in [1.82, 2.24) is 9.80 Å². The summed E-state index contributed by atoms with van der Waals surface area (Å²) >= 11 is 0. The number of nitrogens with zero attached hydrogens (tertiary/aromatic N) is 2. The largest absolute Gasteiger partial charge is 0.340 e. The van der Waals surface area contributed by atoms with E-state index in [2.05, 4.69) is 16.7 Å². The van der Waals surface area contributed by atoms with Gasteiger partial charge < -0.3 is 4.90 Å². The van der Waals surface area contributed by atoms with Crippen LogP contribution in [0.15, 0.2) is 0 Å². The van der Waals surface area contributed by atoms with Crippen molar-refractivity contribution >= 4 is 5.91 Å². The molecule has 3 heteroatoms. The van der Waals surface area contributed by atoms with Crippen LogP contribution < -0.4 is 0 Å². The lowest BCUT2D eigenvalue weighted by atomic mass is 9.86. The molecule has 110 valence electrons. The van der Waals surface area contributed by atoms with Gasteiger partial charge >= 0.3 is 0 Å². The van der Waals surface area contributed by atoms with Crippen LogP contribution in [0, 0.1) is 5.92 Å². The number of rotatable bonds is 5. The van der Waals surface area contributed by atoms with Crippen LogP contribution in [0.25, 0.3) is 0 Å². The predicted molar refractivity (Wildman–Crippen MR) is 79.1 cm³/mol. The lowest BCUT2D eigenvalue weighted by Crippen LogP contribution is -2.48. The number of carbonyl (C=O) groups is 1. The molecule has 0 N–H and O–H groups in total. The molecule has 2 rings (SSSR count). The van der Waals surface area contributed by atoms with Gasteiger partial charge in [0.05, 0.1) is 0 Å². The third kappa shape index (κ3) is 4.79. The maximum atomic E-state index is 12.2. The molecule has 2 fully saturated rings. The van der Waals surface area contributed by atoms with Gasteiger partial charge in [-0.1, -0.05) is 39.0 Å². The van der Waals surface area contributed by atoms with Crippen molar-refractivity contribution in [1.29, 1.82) is 0 Å². The second kappa shape index (κ2) is 7.88. The third-order valence-electron chi connectivity index (χ3n) is 4.76. The van der Waals surface area contributed by atoms with Crippen LogP contribution in [0.1, 0.15) is 58.3 Å². The van der Waals surface area contributed by atoms with Gasteiger partial charge in [-0.25, -0.2) is 0 Å². The van der Waals surface area contributed by atoms with E-state index in [4.69, 9.17) is 0 Å². The van der Waals surface area contributed by atoms with E-state index >= 15 is 0 Å². The Morgan fingerprint density at radius 1 is 1.05 bits per heavy atom. The summed E-state index contributed by atoms with van der Waals surface area (Å²) < 4.78 is 0. The highest BCUT2D eigenvalue weighted by atomic mass is 16.2. The van der Waals surface area contributed by atoms with Gasteiger partial charge in [0.1, 0.15) is 0 Å². The molecule has 1 saturated heterocycles. The molecular weight excluding hydrogens is 236 g/mol. The molecule has 0 aromatic heterocycles. The number of carbonyl (C=O) groups excluding carboxylic acids is 1. The Labute approximate surface area is 118 Å². The Hall–Kier alpha value is -0.570. The number of piperazine rings is 1. The zero-order chi connectivity index (χ0) is 13.5. The summed E-state index contributed by atoms with van der Waals surface area (Å²) in [6, 6.07) is 0. The maximum absolute atomic E-state index is 12.2. The molecule has 1 aliphatic heterocycles. The SMILES string of the molecule is CCCN1CCN(C(=O)CCC2CCCCC2)CC1. The van der Waals surface area contributed by atoms with Crippen LogP contribution in [0.2, 0.25) is 0 Å². The average Bonchev–Trinajstić information content (AvgIpc) is 2.47. The van der Waals surface area contributed by atoms with Crippen molar-refractivity contribution < 1.29 is 4.79 Å². The summed E-state index contributed by atoms with van der Waals surface area (Å²) in [5.74, 6) is 1.24. The first-order valence-electron chi connectivity index (χ1n) is 8.29. The van der Waals surface area contributed by atoms with E-state index in [-0.39, 0.29) is 0 Å². The van der Waals surface area contributed by atoms with E-state index in [1.54, 1.807) is 0 Å². The summed E-state index contributed by atoms with van der Waals surface area (Å²) in [5.41, 5.74) is 0. The first-order chi connectivity index (χ1) is 9.29. The second-order valence-electron chi connectivity index (χ2n) is 6.27. The molecule has 0 radical (unpaired) electrons. The summed E-state index contributed by atoms with van der Waals surface area (Å²) in [7, 11) is 0. The van der Waals surface area contributed by atoms with Gasteiger partial charge in [-0.2, -0.15) is 0 Å². The van der Waals surface area contributed by atoms with Gasteiger partial charge in [-0.15, -0.1) is 0 Å². The van der Waals surface area contributed by atoms with E-state index < -0.39 is 0 Å². The lowest BCUT2D eigenvalue weighted by Gasteiger charge is -2.35. The molecule has 19 heavy (non-hydrogen) atoms. The van der Waals surface area contributed by atoms with E-state index in [0.29, 0.717) is 5.91 Å². The fourth-order valence-corrected chi connectivity index (χ4v) is 3.50. The minimum Gasteiger partial charge on any atom is -0.340 e. The van der Waals surface area contributed by atoms with Gasteiger partial charge in [0.25, 0.3) is 0 Å². The quantitative estimate of drug-likeness (QED) is 0.764. The van der Waals surface area contributed by atoms with Crippen molar-refractivity contribution in [3.8, 4) is 0 Å². The molecule has 0 bridgehead atoms. The van der Waals surface area contributed by atoms with Crippen LogP contribution in [0.4, 0.5) is 0 Å². The summed E-state index contributed by atoms with van der Waals surface area (Å²) in [6.45, 7) is 7.45. The molecule has 0 atom stereocenters. The van der Waals surface area contributed by atoms with E-state index in [9.17, 15) is 4.79 Å². The summed E-state index contributed by atoms with van der Waals surface area (Å²) in [5, 5.41) is 0. The van der Waals surface area contributed by atoms with Gasteiger partial charge in [-0.3, -0.25) is 9.69 Å². The molecule has 0 aromatic rings. The first kappa shape index (κ1) is 14.8. The second-order valence-corrected chi connectivity index (χ2v) is 6.27. The number of hydrogen-bond donors (Lipinski definition) is 0. The van der Waals surface area contributed by atoms with Crippen molar-refractivity contribution in [2.45, 2.75) is 58.3 Å². The monoisotopic (exact) mass is 266 g/mol. The molecule has 3 nitrogen and oxygen atoms in total. The van der Waals surface area contributed by atoms with E-state index in [1.165, 1.54) is 45.1 Å². The molecule has 1 aliphatic carbocycles. The standard InChI is InChI=1S/C16H30N2O/c1-2-10-17-11-13-18(14-12-17)16(19)9-8-15-6-4-3-5-7-15/h15H,2-14H2,1H3. The number of hydrogen-bond acceptors (Lipinski definition) is 2. The highest BCUT2D eigenvalue weighted by molar-refractivity contribution is 5.76. The summed E-state index contributed by atoms with van der Waals surface area (Å²) in [6.07, 6.45) is 10.0. The van der Waals surface area contributed by atoms with Gasteiger partial charge in [0.15, 0.2) is 0 Å². The molecular formula is C16H30N2O. The Balaban J connectivity index is 1.63. The van der Waals surface area contributed by atoms with Crippen LogP contribution in [0.3, 0.4) is 0 Å². The fraction of sp³-hybridized carbons (Fsp3) is 0.938. The van der Waals surface area contributed by atoms with Crippen LogP contribution in [0.5, 0.6) is 0 Å². The van der Waals surface area contributed by atoms with Gasteiger partial charge in [0.2, 0.25) is 5.91 Å². The summed E-state index contributed by atoms with van der Waals surface area (Å²) in [4.78, 5) is 16.8. The smallest absolute Gasteiger partial charge is 0.222 e. The van der Waals surface area contributed by atoms with Gasteiger partial charge in [0, 0.05) is 32.6 Å². The highest BCUT2D eigenvalue weighted by Gasteiger charge is 2.21. The highest BCUT2D eigenvalue weighted by Crippen LogP contribution is 2.27.